The molecule has 1 saturated carbocycles. The lowest BCUT2D eigenvalue weighted by molar-refractivity contribution is 0.0338. The Kier molecular flexibility index (Phi) is 4.77. The second kappa shape index (κ2) is 5.64. The minimum atomic E-state index is 0.0673. The van der Waals surface area contributed by atoms with E-state index in [0.29, 0.717) is 12.6 Å². The molecule has 1 rings (SSSR count). The maximum absolute atomic E-state index is 5.89. The van der Waals surface area contributed by atoms with Gasteiger partial charge in [-0.25, -0.2) is 0 Å². The van der Waals surface area contributed by atoms with Gasteiger partial charge in [-0.1, -0.05) is 12.2 Å². The van der Waals surface area contributed by atoms with Gasteiger partial charge in [0.25, 0.3) is 0 Å². The highest BCUT2D eigenvalue weighted by Gasteiger charge is 2.34. The summed E-state index contributed by atoms with van der Waals surface area (Å²) in [5.74, 6) is 0. The van der Waals surface area contributed by atoms with Gasteiger partial charge in [-0.2, -0.15) is 0 Å². The highest BCUT2D eigenvalue weighted by molar-refractivity contribution is 5.00. The average molecular weight is 212 g/mol. The summed E-state index contributed by atoms with van der Waals surface area (Å²) in [6.45, 7) is 7.48. The van der Waals surface area contributed by atoms with Crippen LogP contribution in [0.25, 0.3) is 0 Å². The van der Waals surface area contributed by atoms with Crippen molar-refractivity contribution in [3.63, 3.8) is 0 Å². The largest absolute Gasteiger partial charge is 0.381 e. The lowest BCUT2D eigenvalue weighted by Crippen LogP contribution is -2.55. The van der Waals surface area contributed by atoms with Gasteiger partial charge >= 0.3 is 0 Å². The maximum Gasteiger partial charge on any atom is 0.0589 e. The summed E-state index contributed by atoms with van der Waals surface area (Å²) in [7, 11) is 1.79. The van der Waals surface area contributed by atoms with E-state index < -0.39 is 0 Å². The predicted molar refractivity (Wildman–Crippen MR) is 63.9 cm³/mol. The fraction of sp³-hybridized carbons (Fsp3) is 0.833. The van der Waals surface area contributed by atoms with Crippen molar-refractivity contribution in [2.24, 2.45) is 5.73 Å². The lowest BCUT2D eigenvalue weighted by Gasteiger charge is -2.40. The van der Waals surface area contributed by atoms with Crippen molar-refractivity contribution in [2.75, 3.05) is 20.2 Å². The van der Waals surface area contributed by atoms with E-state index in [1.165, 1.54) is 6.42 Å². The predicted octanol–water partition coefficient (Wildman–Crippen LogP) is 1.44. The van der Waals surface area contributed by atoms with Crippen LogP contribution in [0.15, 0.2) is 12.2 Å². The first-order chi connectivity index (χ1) is 7.12. The molecule has 3 heteroatoms. The second-order valence-electron chi connectivity index (χ2n) is 4.75. The molecule has 0 heterocycles. The summed E-state index contributed by atoms with van der Waals surface area (Å²) < 4.78 is 5.44. The van der Waals surface area contributed by atoms with Gasteiger partial charge in [0.1, 0.15) is 0 Å². The molecular formula is C12H24N2O. The minimum Gasteiger partial charge on any atom is -0.381 e. The summed E-state index contributed by atoms with van der Waals surface area (Å²) >= 11 is 0. The maximum atomic E-state index is 5.89. The van der Waals surface area contributed by atoms with Crippen molar-refractivity contribution in [1.29, 1.82) is 0 Å². The van der Waals surface area contributed by atoms with E-state index in [2.05, 4.69) is 11.9 Å². The van der Waals surface area contributed by atoms with E-state index in [0.717, 1.165) is 31.4 Å². The number of nitrogens with two attached hydrogens (primary N) is 1. The van der Waals surface area contributed by atoms with Gasteiger partial charge in [0.15, 0.2) is 0 Å². The molecule has 2 atom stereocenters. The van der Waals surface area contributed by atoms with E-state index >= 15 is 0 Å². The zero-order valence-electron chi connectivity index (χ0n) is 10.0. The van der Waals surface area contributed by atoms with Crippen molar-refractivity contribution < 1.29 is 4.74 Å². The molecule has 0 aromatic carbocycles. The molecule has 0 radical (unpaired) electrons. The molecule has 3 nitrogen and oxygen atoms in total. The number of rotatable bonds is 5. The first-order valence-electron chi connectivity index (χ1n) is 5.74. The van der Waals surface area contributed by atoms with E-state index in [1.807, 2.05) is 6.92 Å². The summed E-state index contributed by atoms with van der Waals surface area (Å²) in [5, 5.41) is 3.54. The molecule has 0 aromatic heterocycles. The standard InChI is InChI=1S/C12H24N2O/c1-10(2)8-14-12(9-13)6-4-5-11(7-12)15-3/h11,14H,1,4-9,13H2,2-3H3. The van der Waals surface area contributed by atoms with Crippen LogP contribution >= 0.6 is 0 Å². The monoisotopic (exact) mass is 212 g/mol. The molecule has 0 bridgehead atoms. The van der Waals surface area contributed by atoms with Crippen LogP contribution < -0.4 is 11.1 Å². The van der Waals surface area contributed by atoms with Gasteiger partial charge in [-0.15, -0.1) is 0 Å². The van der Waals surface area contributed by atoms with Crippen LogP contribution in [-0.4, -0.2) is 31.8 Å². The van der Waals surface area contributed by atoms with Crippen LogP contribution in [0.1, 0.15) is 32.6 Å². The highest BCUT2D eigenvalue weighted by atomic mass is 16.5. The molecule has 88 valence electrons. The Morgan fingerprint density at radius 1 is 1.67 bits per heavy atom. The number of ether oxygens (including phenoxy) is 1. The van der Waals surface area contributed by atoms with Crippen molar-refractivity contribution in [3.8, 4) is 0 Å². The number of hydrogen-bond donors (Lipinski definition) is 2. The number of hydrogen-bond acceptors (Lipinski definition) is 3. The third-order valence-electron chi connectivity index (χ3n) is 3.29. The van der Waals surface area contributed by atoms with Gasteiger partial charge in [0, 0.05) is 25.7 Å². The molecule has 0 saturated heterocycles. The van der Waals surface area contributed by atoms with Gasteiger partial charge in [0.2, 0.25) is 0 Å². The summed E-state index contributed by atoms with van der Waals surface area (Å²) in [6, 6.07) is 0. The van der Waals surface area contributed by atoms with Crippen LogP contribution in [0.2, 0.25) is 0 Å². The Balaban J connectivity index is 2.54. The third-order valence-corrected chi connectivity index (χ3v) is 3.29. The molecule has 3 N–H and O–H groups in total. The molecular weight excluding hydrogens is 188 g/mol. The van der Waals surface area contributed by atoms with Crippen LogP contribution in [0.3, 0.4) is 0 Å². The topological polar surface area (TPSA) is 47.3 Å². The first-order valence-corrected chi connectivity index (χ1v) is 5.74. The van der Waals surface area contributed by atoms with Crippen molar-refractivity contribution >= 4 is 0 Å². The SMILES string of the molecule is C=C(C)CNC1(CN)CCCC(OC)C1. The quantitative estimate of drug-likeness (QED) is 0.678. The van der Waals surface area contributed by atoms with Crippen LogP contribution in [0.5, 0.6) is 0 Å². The Hall–Kier alpha value is -0.380. The highest BCUT2D eigenvalue weighted by Crippen LogP contribution is 2.29. The fourth-order valence-corrected chi connectivity index (χ4v) is 2.27. The summed E-state index contributed by atoms with van der Waals surface area (Å²) in [6.07, 6.45) is 4.88. The Morgan fingerprint density at radius 3 is 2.93 bits per heavy atom. The lowest BCUT2D eigenvalue weighted by atomic mass is 9.80. The molecule has 0 amide bonds. The molecule has 15 heavy (non-hydrogen) atoms. The van der Waals surface area contributed by atoms with E-state index in [1.54, 1.807) is 7.11 Å². The molecule has 2 unspecified atom stereocenters. The molecule has 0 spiro atoms. The van der Waals surface area contributed by atoms with Crippen molar-refractivity contribution in [3.05, 3.63) is 12.2 Å². The Labute approximate surface area is 93.1 Å². The van der Waals surface area contributed by atoms with E-state index in [-0.39, 0.29) is 5.54 Å². The number of methoxy groups -OCH3 is 1. The van der Waals surface area contributed by atoms with Gasteiger partial charge in [-0.05, 0) is 32.6 Å². The van der Waals surface area contributed by atoms with Crippen LogP contribution in [0.4, 0.5) is 0 Å². The third kappa shape index (κ3) is 3.59. The summed E-state index contributed by atoms with van der Waals surface area (Å²) in [5.41, 5.74) is 7.12. The smallest absolute Gasteiger partial charge is 0.0589 e. The van der Waals surface area contributed by atoms with Crippen molar-refractivity contribution in [2.45, 2.75) is 44.2 Å². The fourth-order valence-electron chi connectivity index (χ4n) is 2.27. The van der Waals surface area contributed by atoms with E-state index in [9.17, 15) is 0 Å². The molecule has 1 aliphatic rings. The molecule has 0 aliphatic heterocycles. The van der Waals surface area contributed by atoms with Gasteiger partial charge in [-0.3, -0.25) is 0 Å². The summed E-state index contributed by atoms with van der Waals surface area (Å²) in [4.78, 5) is 0. The van der Waals surface area contributed by atoms with Crippen molar-refractivity contribution in [1.82, 2.24) is 5.32 Å². The molecule has 1 fully saturated rings. The molecule has 1 aliphatic carbocycles. The first kappa shape index (κ1) is 12.7. The second-order valence-corrected chi connectivity index (χ2v) is 4.75. The van der Waals surface area contributed by atoms with Gasteiger partial charge in [0.05, 0.1) is 6.10 Å². The Morgan fingerprint density at radius 2 is 2.40 bits per heavy atom. The average Bonchev–Trinajstić information content (AvgIpc) is 2.26. The molecule has 0 aromatic rings. The van der Waals surface area contributed by atoms with Crippen LogP contribution in [-0.2, 0) is 4.74 Å². The zero-order valence-corrected chi connectivity index (χ0v) is 10.0. The number of nitrogens with one attached hydrogen (secondary N) is 1. The van der Waals surface area contributed by atoms with Gasteiger partial charge < -0.3 is 15.8 Å². The van der Waals surface area contributed by atoms with E-state index in [4.69, 9.17) is 10.5 Å². The normalized spacial score (nSPS) is 31.5. The van der Waals surface area contributed by atoms with Crippen LogP contribution in [0, 0.1) is 0 Å². The minimum absolute atomic E-state index is 0.0673. The zero-order chi connectivity index (χ0) is 11.3. The Bertz CT molecular complexity index is 218.